The van der Waals surface area contributed by atoms with Gasteiger partial charge >= 0.3 is 6.18 Å². The summed E-state index contributed by atoms with van der Waals surface area (Å²) in [5, 5.41) is 10.2. The van der Waals surface area contributed by atoms with Gasteiger partial charge in [-0.3, -0.25) is 9.59 Å². The highest BCUT2D eigenvalue weighted by molar-refractivity contribution is 7.86. The van der Waals surface area contributed by atoms with Gasteiger partial charge in [0.05, 0.1) is 23.7 Å². The second kappa shape index (κ2) is 11.0. The van der Waals surface area contributed by atoms with E-state index in [1.807, 2.05) is 0 Å². The lowest BCUT2D eigenvalue weighted by Gasteiger charge is -2.42. The smallest absolute Gasteiger partial charge is 0.350 e. The Labute approximate surface area is 228 Å². The highest BCUT2D eigenvalue weighted by atomic mass is 32.2. The predicted molar refractivity (Wildman–Crippen MR) is 132 cm³/mol. The van der Waals surface area contributed by atoms with E-state index in [1.165, 1.54) is 19.7 Å². The normalized spacial score (nSPS) is 23.2. The van der Waals surface area contributed by atoms with Crippen LogP contribution in [-0.2, 0) is 32.5 Å². The third kappa shape index (κ3) is 5.69. The third-order valence-corrected chi connectivity index (χ3v) is 9.64. The Kier molecular flexibility index (Phi) is 7.85. The molecule has 1 aromatic heterocycles. The minimum Gasteiger partial charge on any atom is -0.350 e. The average Bonchev–Trinajstić information content (AvgIpc) is 3.59. The number of aromatic nitrogens is 3. The molecular formula is C24H29F4N7O4S. The predicted octanol–water partition coefficient (Wildman–Crippen LogP) is 1.56. The third-order valence-electron chi connectivity index (χ3n) is 7.70. The van der Waals surface area contributed by atoms with Gasteiger partial charge in [0.1, 0.15) is 11.9 Å². The van der Waals surface area contributed by atoms with Gasteiger partial charge in [-0.15, -0.1) is 5.10 Å². The lowest BCUT2D eigenvalue weighted by molar-refractivity contribution is -0.142. The maximum absolute atomic E-state index is 14.2. The zero-order chi connectivity index (χ0) is 28.7. The molecule has 16 heteroatoms. The van der Waals surface area contributed by atoms with E-state index < -0.39 is 45.6 Å². The summed E-state index contributed by atoms with van der Waals surface area (Å²) in [5.74, 6) is -2.56. The Balaban J connectivity index is 1.17. The van der Waals surface area contributed by atoms with Crippen LogP contribution < -0.4 is 5.32 Å². The summed E-state index contributed by atoms with van der Waals surface area (Å²) in [6.45, 7) is 0.804. The van der Waals surface area contributed by atoms with Crippen LogP contribution in [0.5, 0.6) is 0 Å². The van der Waals surface area contributed by atoms with Crippen molar-refractivity contribution in [1.82, 2.24) is 33.8 Å². The molecule has 2 amide bonds. The molecular weight excluding hydrogens is 558 g/mol. The van der Waals surface area contributed by atoms with Crippen molar-refractivity contribution in [2.75, 3.05) is 32.7 Å². The molecule has 0 unspecified atom stereocenters. The molecule has 0 saturated carbocycles. The molecule has 0 bridgehead atoms. The molecule has 1 N–H and O–H groups in total. The van der Waals surface area contributed by atoms with Crippen LogP contribution in [-0.4, -0.2) is 87.5 Å². The molecule has 5 rings (SSSR count). The summed E-state index contributed by atoms with van der Waals surface area (Å²) in [5.41, 5.74) is -1.23. The quantitative estimate of drug-likeness (QED) is 0.491. The first kappa shape index (κ1) is 28.4. The first-order valence-corrected chi connectivity index (χ1v) is 14.4. The highest BCUT2D eigenvalue weighted by Crippen LogP contribution is 2.31. The molecule has 1 aromatic carbocycles. The van der Waals surface area contributed by atoms with E-state index in [0.717, 1.165) is 12.1 Å². The van der Waals surface area contributed by atoms with Crippen molar-refractivity contribution in [3.8, 4) is 0 Å². The van der Waals surface area contributed by atoms with Crippen molar-refractivity contribution < 1.29 is 35.6 Å². The van der Waals surface area contributed by atoms with Gasteiger partial charge in [-0.25, -0.2) is 9.07 Å². The number of hydrogen-bond donors (Lipinski definition) is 1. The number of nitrogens with zero attached hydrogens (tertiary/aromatic N) is 6. The summed E-state index contributed by atoms with van der Waals surface area (Å²) >= 11 is 0. The molecule has 3 aliphatic rings. The average molecular weight is 588 g/mol. The number of carbonyl (C=O) groups excluding carboxylic acids is 2. The minimum absolute atomic E-state index is 0.00721. The molecule has 40 heavy (non-hydrogen) atoms. The van der Waals surface area contributed by atoms with E-state index in [9.17, 15) is 35.6 Å². The fourth-order valence-corrected chi connectivity index (χ4v) is 7.18. The number of benzene rings is 1. The lowest BCUT2D eigenvalue weighted by atomic mass is 9.97. The standard InChI is InChI=1S/C24H29F4N7O4S/c25-20-11-18(24(26,27)28)6-5-16(20)12-29-22(36)21-4-2-9-34(21)23(37)17-3-1-8-32(13-17)40(38,39)33-14-19(15-33)35-10-7-30-31-35/h5-7,10-11,17,19,21H,1-4,8-9,12-15H2,(H,29,36)/t17-,21+/m0/s1. The van der Waals surface area contributed by atoms with Gasteiger partial charge < -0.3 is 10.2 Å². The van der Waals surface area contributed by atoms with Crippen LogP contribution in [0.1, 0.15) is 42.9 Å². The Bertz CT molecular complexity index is 1350. The molecule has 4 heterocycles. The summed E-state index contributed by atoms with van der Waals surface area (Å²) < 4.78 is 83.2. The zero-order valence-electron chi connectivity index (χ0n) is 21.4. The summed E-state index contributed by atoms with van der Waals surface area (Å²) in [6.07, 6.45) is 0.423. The Morgan fingerprint density at radius 1 is 1.05 bits per heavy atom. The van der Waals surface area contributed by atoms with Crippen molar-refractivity contribution in [2.45, 2.75) is 50.5 Å². The van der Waals surface area contributed by atoms with E-state index in [4.69, 9.17) is 0 Å². The number of halogens is 4. The number of hydrogen-bond acceptors (Lipinski definition) is 6. The zero-order valence-corrected chi connectivity index (χ0v) is 22.2. The molecule has 3 fully saturated rings. The molecule has 3 aliphatic heterocycles. The summed E-state index contributed by atoms with van der Waals surface area (Å²) in [4.78, 5) is 27.8. The number of amides is 2. The van der Waals surface area contributed by atoms with Gasteiger partial charge in [-0.2, -0.15) is 30.2 Å². The maximum Gasteiger partial charge on any atom is 0.416 e. The van der Waals surface area contributed by atoms with E-state index in [0.29, 0.717) is 44.8 Å². The van der Waals surface area contributed by atoms with Gasteiger partial charge in [-0.05, 0) is 37.8 Å². The molecule has 3 saturated heterocycles. The van der Waals surface area contributed by atoms with Gasteiger partial charge in [0.25, 0.3) is 10.2 Å². The van der Waals surface area contributed by atoms with E-state index in [-0.39, 0.29) is 43.7 Å². The van der Waals surface area contributed by atoms with Gasteiger partial charge in [-0.1, -0.05) is 11.3 Å². The SMILES string of the molecule is O=C(NCc1ccc(C(F)(F)F)cc1F)[C@H]1CCCN1C(=O)[C@H]1CCCN(S(=O)(=O)N2CC(n3ccnn3)C2)C1. The van der Waals surface area contributed by atoms with E-state index in [1.54, 1.807) is 10.9 Å². The van der Waals surface area contributed by atoms with Crippen LogP contribution in [0.15, 0.2) is 30.6 Å². The van der Waals surface area contributed by atoms with E-state index >= 15 is 0 Å². The van der Waals surface area contributed by atoms with Crippen molar-refractivity contribution in [1.29, 1.82) is 0 Å². The highest BCUT2D eigenvalue weighted by Gasteiger charge is 2.44. The number of alkyl halides is 3. The second-order valence-corrected chi connectivity index (χ2v) is 12.2. The van der Waals surface area contributed by atoms with Crippen LogP contribution in [0.2, 0.25) is 0 Å². The van der Waals surface area contributed by atoms with Crippen molar-refractivity contribution in [2.24, 2.45) is 5.92 Å². The molecule has 218 valence electrons. The molecule has 2 aromatic rings. The van der Waals surface area contributed by atoms with Crippen molar-refractivity contribution >= 4 is 22.0 Å². The van der Waals surface area contributed by atoms with Crippen molar-refractivity contribution in [3.05, 3.63) is 47.5 Å². The number of carbonyl (C=O) groups is 2. The fraction of sp³-hybridized carbons (Fsp3) is 0.583. The fourth-order valence-electron chi connectivity index (χ4n) is 5.41. The summed E-state index contributed by atoms with van der Waals surface area (Å²) in [7, 11) is -3.78. The first-order valence-electron chi connectivity index (χ1n) is 13.0. The van der Waals surface area contributed by atoms with Gasteiger partial charge in [0.15, 0.2) is 0 Å². The number of likely N-dealkylation sites (tertiary alicyclic amines) is 1. The maximum atomic E-state index is 14.2. The molecule has 0 aliphatic carbocycles. The van der Waals surface area contributed by atoms with Crippen LogP contribution >= 0.6 is 0 Å². The molecule has 2 atom stereocenters. The Morgan fingerprint density at radius 3 is 2.48 bits per heavy atom. The van der Waals surface area contributed by atoms with Crippen LogP contribution in [0.3, 0.4) is 0 Å². The van der Waals surface area contributed by atoms with E-state index in [2.05, 4.69) is 15.6 Å². The largest absolute Gasteiger partial charge is 0.416 e. The lowest BCUT2D eigenvalue weighted by Crippen LogP contribution is -2.58. The van der Waals surface area contributed by atoms with Crippen LogP contribution in [0, 0.1) is 11.7 Å². The molecule has 0 spiro atoms. The Morgan fingerprint density at radius 2 is 1.80 bits per heavy atom. The van der Waals surface area contributed by atoms with Gasteiger partial charge in [0.2, 0.25) is 11.8 Å². The van der Waals surface area contributed by atoms with Crippen LogP contribution in [0.25, 0.3) is 0 Å². The number of piperidine rings is 1. The Hall–Kier alpha value is -3.11. The molecule has 11 nitrogen and oxygen atoms in total. The number of nitrogens with one attached hydrogen (secondary N) is 1. The topological polar surface area (TPSA) is 121 Å². The van der Waals surface area contributed by atoms with Crippen molar-refractivity contribution in [3.63, 3.8) is 0 Å². The van der Waals surface area contributed by atoms with Crippen LogP contribution in [0.4, 0.5) is 17.6 Å². The monoisotopic (exact) mass is 587 g/mol. The van der Waals surface area contributed by atoms with Gasteiger partial charge in [0, 0.05) is 51.0 Å². The molecule has 0 radical (unpaired) electrons. The minimum atomic E-state index is -4.68. The first-order chi connectivity index (χ1) is 18.9. The summed E-state index contributed by atoms with van der Waals surface area (Å²) in [6, 6.07) is 1.17. The second-order valence-electron chi connectivity index (χ2n) is 10.3. The number of rotatable bonds is 7.